The molecule has 0 bridgehead atoms. The molecule has 1 saturated heterocycles. The Balaban J connectivity index is 1.91. The maximum absolute atomic E-state index is 3.49. The minimum Gasteiger partial charge on any atom is -0.313 e. The second-order valence-corrected chi connectivity index (χ2v) is 4.02. The lowest BCUT2D eigenvalue weighted by molar-refractivity contribution is 0.674. The van der Waals surface area contributed by atoms with Gasteiger partial charge in [-0.3, -0.25) is 0 Å². The summed E-state index contributed by atoms with van der Waals surface area (Å²) >= 11 is 2.09. The highest BCUT2D eigenvalue weighted by Crippen LogP contribution is 2.12. The molecule has 1 unspecified atom stereocenters. The van der Waals surface area contributed by atoms with Gasteiger partial charge in [0.15, 0.2) is 0 Å². The molecule has 1 atom stereocenters. The van der Waals surface area contributed by atoms with Crippen LogP contribution >= 0.6 is 11.8 Å². The van der Waals surface area contributed by atoms with Crippen LogP contribution in [0.2, 0.25) is 0 Å². The van der Waals surface area contributed by atoms with E-state index in [1.54, 1.807) is 0 Å². The summed E-state index contributed by atoms with van der Waals surface area (Å²) in [6.07, 6.45) is 4.10. The van der Waals surface area contributed by atoms with Gasteiger partial charge in [0.1, 0.15) is 0 Å². The summed E-state index contributed by atoms with van der Waals surface area (Å²) in [5.74, 6) is 2.66. The summed E-state index contributed by atoms with van der Waals surface area (Å²) < 4.78 is 0. The van der Waals surface area contributed by atoms with Crippen LogP contribution in [0.3, 0.4) is 0 Å². The zero-order valence-corrected chi connectivity index (χ0v) is 7.54. The Hall–Kier alpha value is 0.310. The van der Waals surface area contributed by atoms with E-state index in [0.29, 0.717) is 0 Å². The molecule has 60 valence electrons. The standard InChI is InChI=1S/C8H17NS/c1-2-6-10-7-8-4-3-5-9-8/h8-9H,2-7H2,1H3. The molecule has 1 heterocycles. The van der Waals surface area contributed by atoms with Gasteiger partial charge >= 0.3 is 0 Å². The molecule has 0 spiro atoms. The van der Waals surface area contributed by atoms with Crippen molar-refractivity contribution in [3.05, 3.63) is 0 Å². The number of thioether (sulfide) groups is 1. The highest BCUT2D eigenvalue weighted by atomic mass is 32.2. The zero-order valence-electron chi connectivity index (χ0n) is 6.73. The van der Waals surface area contributed by atoms with Gasteiger partial charge in [0.2, 0.25) is 0 Å². The van der Waals surface area contributed by atoms with Crippen molar-refractivity contribution in [2.45, 2.75) is 32.2 Å². The molecule has 0 aromatic rings. The van der Waals surface area contributed by atoms with E-state index in [9.17, 15) is 0 Å². The fourth-order valence-corrected chi connectivity index (χ4v) is 2.29. The van der Waals surface area contributed by atoms with Crippen molar-refractivity contribution in [3.63, 3.8) is 0 Å². The van der Waals surface area contributed by atoms with Crippen LogP contribution in [-0.2, 0) is 0 Å². The first-order chi connectivity index (χ1) is 4.93. The molecule has 0 aliphatic carbocycles. The molecule has 2 heteroatoms. The van der Waals surface area contributed by atoms with Gasteiger partial charge in [-0.15, -0.1) is 0 Å². The molecule has 0 aromatic carbocycles. The number of hydrogen-bond donors (Lipinski definition) is 1. The second-order valence-electron chi connectivity index (χ2n) is 2.87. The summed E-state index contributed by atoms with van der Waals surface area (Å²) in [4.78, 5) is 0. The van der Waals surface area contributed by atoms with Crippen molar-refractivity contribution < 1.29 is 0 Å². The molecule has 1 nitrogen and oxygen atoms in total. The Bertz CT molecular complexity index is 79.3. The lowest BCUT2D eigenvalue weighted by Gasteiger charge is -2.07. The van der Waals surface area contributed by atoms with E-state index in [0.717, 1.165) is 6.04 Å². The van der Waals surface area contributed by atoms with Crippen LogP contribution in [0.1, 0.15) is 26.2 Å². The van der Waals surface area contributed by atoms with Gasteiger partial charge < -0.3 is 5.32 Å². The fourth-order valence-electron chi connectivity index (χ4n) is 1.27. The summed E-state index contributed by atoms with van der Waals surface area (Å²) in [5.41, 5.74) is 0. The van der Waals surface area contributed by atoms with Crippen LogP contribution in [-0.4, -0.2) is 24.1 Å². The molecule has 0 radical (unpaired) electrons. The second kappa shape index (κ2) is 5.03. The van der Waals surface area contributed by atoms with Crippen LogP contribution in [0.5, 0.6) is 0 Å². The zero-order chi connectivity index (χ0) is 7.23. The molecule has 10 heavy (non-hydrogen) atoms. The van der Waals surface area contributed by atoms with E-state index in [-0.39, 0.29) is 0 Å². The molecule has 1 aliphatic heterocycles. The Labute approximate surface area is 68.0 Å². The third-order valence-corrected chi connectivity index (χ3v) is 3.16. The molecular formula is C8H17NS. The molecular weight excluding hydrogens is 142 g/mol. The average molecular weight is 159 g/mol. The minimum atomic E-state index is 0.830. The van der Waals surface area contributed by atoms with Crippen molar-refractivity contribution in [2.24, 2.45) is 0 Å². The van der Waals surface area contributed by atoms with Gasteiger partial charge in [-0.1, -0.05) is 6.92 Å². The number of rotatable bonds is 4. The van der Waals surface area contributed by atoms with E-state index in [1.807, 2.05) is 0 Å². The van der Waals surface area contributed by atoms with Gasteiger partial charge in [0.25, 0.3) is 0 Å². The topological polar surface area (TPSA) is 12.0 Å². The van der Waals surface area contributed by atoms with Crippen LogP contribution < -0.4 is 5.32 Å². The molecule has 1 fully saturated rings. The van der Waals surface area contributed by atoms with Gasteiger partial charge in [0, 0.05) is 11.8 Å². The highest BCUT2D eigenvalue weighted by Gasteiger charge is 2.12. The summed E-state index contributed by atoms with van der Waals surface area (Å²) in [5, 5.41) is 3.49. The van der Waals surface area contributed by atoms with Gasteiger partial charge in [-0.25, -0.2) is 0 Å². The van der Waals surface area contributed by atoms with Crippen LogP contribution in [0.4, 0.5) is 0 Å². The van der Waals surface area contributed by atoms with Crippen LogP contribution in [0.25, 0.3) is 0 Å². The van der Waals surface area contributed by atoms with Crippen molar-refractivity contribution >= 4 is 11.8 Å². The van der Waals surface area contributed by atoms with Crippen LogP contribution in [0, 0.1) is 0 Å². The van der Waals surface area contributed by atoms with Crippen molar-refractivity contribution in [3.8, 4) is 0 Å². The van der Waals surface area contributed by atoms with E-state index >= 15 is 0 Å². The Kier molecular flexibility index (Phi) is 4.23. The predicted molar refractivity (Wildman–Crippen MR) is 48.6 cm³/mol. The monoisotopic (exact) mass is 159 g/mol. The fraction of sp³-hybridized carbons (Fsp3) is 1.00. The Morgan fingerprint density at radius 1 is 1.60 bits per heavy atom. The summed E-state index contributed by atoms with van der Waals surface area (Å²) in [6, 6.07) is 0.830. The Morgan fingerprint density at radius 3 is 3.10 bits per heavy atom. The van der Waals surface area contributed by atoms with Crippen LogP contribution in [0.15, 0.2) is 0 Å². The lowest BCUT2D eigenvalue weighted by Crippen LogP contribution is -2.23. The SMILES string of the molecule is CCCSCC1CCCN1. The maximum atomic E-state index is 3.49. The molecule has 1 aliphatic rings. The third kappa shape index (κ3) is 2.93. The van der Waals surface area contributed by atoms with Gasteiger partial charge in [-0.2, -0.15) is 11.8 Å². The van der Waals surface area contributed by atoms with Crippen molar-refractivity contribution in [1.82, 2.24) is 5.32 Å². The third-order valence-electron chi connectivity index (χ3n) is 1.83. The number of hydrogen-bond acceptors (Lipinski definition) is 2. The molecule has 0 amide bonds. The molecule has 0 aromatic heterocycles. The maximum Gasteiger partial charge on any atom is 0.0158 e. The average Bonchev–Trinajstić information content (AvgIpc) is 2.41. The van der Waals surface area contributed by atoms with E-state index < -0.39 is 0 Å². The highest BCUT2D eigenvalue weighted by molar-refractivity contribution is 7.99. The quantitative estimate of drug-likeness (QED) is 0.629. The molecule has 1 N–H and O–H groups in total. The normalized spacial score (nSPS) is 25.5. The minimum absolute atomic E-state index is 0.830. The van der Waals surface area contributed by atoms with Gasteiger partial charge in [-0.05, 0) is 31.6 Å². The van der Waals surface area contributed by atoms with E-state index in [1.165, 1.54) is 37.3 Å². The summed E-state index contributed by atoms with van der Waals surface area (Å²) in [6.45, 7) is 3.49. The van der Waals surface area contributed by atoms with E-state index in [2.05, 4.69) is 24.0 Å². The largest absolute Gasteiger partial charge is 0.313 e. The first kappa shape index (κ1) is 8.41. The number of nitrogens with one attached hydrogen (secondary N) is 1. The van der Waals surface area contributed by atoms with E-state index in [4.69, 9.17) is 0 Å². The van der Waals surface area contributed by atoms with Crippen molar-refractivity contribution in [2.75, 3.05) is 18.1 Å². The smallest absolute Gasteiger partial charge is 0.0158 e. The molecule has 1 rings (SSSR count). The lowest BCUT2D eigenvalue weighted by atomic mass is 10.3. The first-order valence-electron chi connectivity index (χ1n) is 4.24. The molecule has 0 saturated carbocycles. The van der Waals surface area contributed by atoms with Gasteiger partial charge in [0.05, 0.1) is 0 Å². The summed E-state index contributed by atoms with van der Waals surface area (Å²) in [7, 11) is 0. The Morgan fingerprint density at radius 2 is 2.50 bits per heavy atom. The van der Waals surface area contributed by atoms with Crippen molar-refractivity contribution in [1.29, 1.82) is 0 Å². The first-order valence-corrected chi connectivity index (χ1v) is 5.40. The predicted octanol–water partition coefficient (Wildman–Crippen LogP) is 1.88.